The summed E-state index contributed by atoms with van der Waals surface area (Å²) in [6.07, 6.45) is 3.07. The summed E-state index contributed by atoms with van der Waals surface area (Å²) in [6.45, 7) is 3.75. The second kappa shape index (κ2) is 8.01. The van der Waals surface area contributed by atoms with Gasteiger partial charge in [0.25, 0.3) is 6.43 Å². The van der Waals surface area contributed by atoms with Crippen LogP contribution in [0.5, 0.6) is 0 Å². The summed E-state index contributed by atoms with van der Waals surface area (Å²) in [7, 11) is 0. The number of nitrogens with zero attached hydrogens (tertiary/aromatic N) is 2. The van der Waals surface area contributed by atoms with Crippen molar-refractivity contribution < 1.29 is 13.6 Å². The quantitative estimate of drug-likeness (QED) is 0.522. The zero-order valence-electron chi connectivity index (χ0n) is 17.1. The Hall–Kier alpha value is -3.02. The summed E-state index contributed by atoms with van der Waals surface area (Å²) in [5.74, 6) is -0.352. The van der Waals surface area contributed by atoms with Crippen molar-refractivity contribution in [3.8, 4) is 11.3 Å². The summed E-state index contributed by atoms with van der Waals surface area (Å²) in [6, 6.07) is 13.2. The normalized spacial score (nSPS) is 17.6. The molecule has 6 heteroatoms. The number of hydrogen-bond acceptors (Lipinski definition) is 3. The third kappa shape index (κ3) is 3.86. The summed E-state index contributed by atoms with van der Waals surface area (Å²) in [5.41, 5.74) is 4.54. The number of benzene rings is 1. The van der Waals surface area contributed by atoms with Crippen LogP contribution < -0.4 is 5.32 Å². The van der Waals surface area contributed by atoms with Crippen molar-refractivity contribution in [3.05, 3.63) is 66.1 Å². The number of carbonyl (C=O) groups excluding carboxylic acids is 1. The van der Waals surface area contributed by atoms with Crippen molar-refractivity contribution in [3.63, 3.8) is 0 Å². The van der Waals surface area contributed by atoms with Crippen molar-refractivity contribution in [1.82, 2.24) is 9.55 Å². The smallest absolute Gasteiger partial charge is 0.256 e. The van der Waals surface area contributed by atoms with E-state index in [0.29, 0.717) is 18.5 Å². The number of fused-ring (bicyclic) bond motifs is 1. The number of hydrogen-bond donors (Lipinski definition) is 1. The summed E-state index contributed by atoms with van der Waals surface area (Å²) in [5, 5.41) is 3.44. The molecule has 1 atom stereocenters. The minimum absolute atomic E-state index is 0.156. The number of pyridine rings is 1. The van der Waals surface area contributed by atoms with E-state index in [0.717, 1.165) is 34.5 Å². The summed E-state index contributed by atoms with van der Waals surface area (Å²) in [4.78, 5) is 16.2. The van der Waals surface area contributed by atoms with Gasteiger partial charge in [-0.1, -0.05) is 32.0 Å². The number of halogens is 2. The lowest BCUT2D eigenvalue weighted by Crippen LogP contribution is -2.28. The third-order valence-corrected chi connectivity index (χ3v) is 5.68. The molecule has 2 heterocycles. The van der Waals surface area contributed by atoms with Crippen LogP contribution in [0.4, 0.5) is 20.2 Å². The maximum absolute atomic E-state index is 13.7. The first-order chi connectivity index (χ1) is 14.4. The van der Waals surface area contributed by atoms with Crippen molar-refractivity contribution >= 4 is 17.7 Å². The minimum atomic E-state index is -2.51. The Morgan fingerprint density at radius 3 is 2.53 bits per heavy atom. The van der Waals surface area contributed by atoms with Gasteiger partial charge in [0.15, 0.2) is 0 Å². The van der Waals surface area contributed by atoms with Gasteiger partial charge in [0.05, 0.1) is 17.9 Å². The molecule has 4 rings (SSSR count). The number of alkyl halides is 2. The first-order valence-corrected chi connectivity index (χ1v) is 10.1. The second-order valence-corrected chi connectivity index (χ2v) is 8.60. The van der Waals surface area contributed by atoms with Gasteiger partial charge in [0.2, 0.25) is 0 Å². The minimum Gasteiger partial charge on any atom is -0.354 e. The topological polar surface area (TPSA) is 46.9 Å². The average Bonchev–Trinajstić information content (AvgIpc) is 3.00. The van der Waals surface area contributed by atoms with E-state index < -0.39 is 13.0 Å². The van der Waals surface area contributed by atoms with Crippen LogP contribution >= 0.6 is 0 Å². The fourth-order valence-electron chi connectivity index (χ4n) is 4.56. The van der Waals surface area contributed by atoms with Crippen LogP contribution in [0.1, 0.15) is 37.4 Å². The SMILES string of the molecule is CC1(C)Cc2c(c(Nc3ccccc3)c(-c3ccncc3)n2CC(F)F)C(C=O)C1. The maximum Gasteiger partial charge on any atom is 0.256 e. The van der Waals surface area contributed by atoms with Crippen LogP contribution in [0.2, 0.25) is 0 Å². The van der Waals surface area contributed by atoms with Gasteiger partial charge in [-0.15, -0.1) is 0 Å². The van der Waals surface area contributed by atoms with Crippen LogP contribution in [-0.2, 0) is 17.8 Å². The highest BCUT2D eigenvalue weighted by molar-refractivity contribution is 5.86. The molecule has 1 aliphatic rings. The number of carbonyl (C=O) groups is 1. The molecule has 1 aromatic carbocycles. The maximum atomic E-state index is 13.7. The van der Waals surface area contributed by atoms with E-state index in [1.54, 1.807) is 17.0 Å². The average molecular weight is 409 g/mol. The molecule has 4 nitrogen and oxygen atoms in total. The second-order valence-electron chi connectivity index (χ2n) is 8.60. The molecule has 3 aromatic rings. The Morgan fingerprint density at radius 1 is 1.20 bits per heavy atom. The van der Waals surface area contributed by atoms with Crippen molar-refractivity contribution in [2.75, 3.05) is 5.32 Å². The van der Waals surface area contributed by atoms with Crippen LogP contribution in [0.25, 0.3) is 11.3 Å². The van der Waals surface area contributed by atoms with Gasteiger partial charge in [0.1, 0.15) is 6.29 Å². The molecule has 0 spiro atoms. The van der Waals surface area contributed by atoms with Gasteiger partial charge < -0.3 is 14.7 Å². The molecule has 0 fully saturated rings. The van der Waals surface area contributed by atoms with E-state index in [2.05, 4.69) is 24.1 Å². The van der Waals surface area contributed by atoms with E-state index in [1.807, 2.05) is 42.5 Å². The Morgan fingerprint density at radius 2 is 1.90 bits per heavy atom. The van der Waals surface area contributed by atoms with Crippen LogP contribution in [-0.4, -0.2) is 22.3 Å². The molecule has 156 valence electrons. The highest BCUT2D eigenvalue weighted by Crippen LogP contribution is 2.50. The summed E-state index contributed by atoms with van der Waals surface area (Å²) >= 11 is 0. The molecule has 1 unspecified atom stereocenters. The predicted molar refractivity (Wildman–Crippen MR) is 114 cm³/mol. The number of anilines is 2. The number of aromatic nitrogens is 2. The molecule has 2 aromatic heterocycles. The van der Waals surface area contributed by atoms with Crippen molar-refractivity contribution in [1.29, 1.82) is 0 Å². The zero-order chi connectivity index (χ0) is 21.3. The van der Waals surface area contributed by atoms with Crippen molar-refractivity contribution in [2.45, 2.75) is 45.6 Å². The standard InChI is InChI=1S/C24H25F2N3O/c1-24(2)12-17(15-30)21-19(13-24)29(14-20(25)26)23(16-8-10-27-11-9-16)22(21)28-18-6-4-3-5-7-18/h3-11,15,17,20,28H,12-14H2,1-2H3. The third-order valence-electron chi connectivity index (χ3n) is 5.68. The van der Waals surface area contributed by atoms with E-state index in [-0.39, 0.29) is 11.3 Å². The molecule has 0 aliphatic heterocycles. The molecule has 0 saturated heterocycles. The zero-order valence-corrected chi connectivity index (χ0v) is 17.1. The largest absolute Gasteiger partial charge is 0.354 e. The Kier molecular flexibility index (Phi) is 5.41. The molecule has 30 heavy (non-hydrogen) atoms. The van der Waals surface area contributed by atoms with Crippen molar-refractivity contribution in [2.24, 2.45) is 5.41 Å². The molecular formula is C24H25F2N3O. The lowest BCUT2D eigenvalue weighted by molar-refractivity contribution is -0.109. The molecular weight excluding hydrogens is 384 g/mol. The summed E-state index contributed by atoms with van der Waals surface area (Å²) < 4.78 is 29.0. The molecule has 0 radical (unpaired) electrons. The highest BCUT2D eigenvalue weighted by atomic mass is 19.3. The van der Waals surface area contributed by atoms with Gasteiger partial charge in [0, 0.05) is 40.8 Å². The highest BCUT2D eigenvalue weighted by Gasteiger charge is 2.39. The number of nitrogens with one attached hydrogen (secondary N) is 1. The lowest BCUT2D eigenvalue weighted by atomic mass is 9.71. The van der Waals surface area contributed by atoms with Crippen LogP contribution in [0.3, 0.4) is 0 Å². The van der Waals surface area contributed by atoms with Gasteiger partial charge in [-0.2, -0.15) is 0 Å². The Balaban J connectivity index is 2.01. The van der Waals surface area contributed by atoms with E-state index in [1.165, 1.54) is 0 Å². The van der Waals surface area contributed by atoms with Gasteiger partial charge in [-0.05, 0) is 42.5 Å². The molecule has 0 amide bonds. The number of para-hydroxylation sites is 1. The van der Waals surface area contributed by atoms with Crippen LogP contribution in [0, 0.1) is 5.41 Å². The number of rotatable bonds is 6. The van der Waals surface area contributed by atoms with Crippen LogP contribution in [0.15, 0.2) is 54.9 Å². The first-order valence-electron chi connectivity index (χ1n) is 10.1. The number of aldehydes is 1. The molecule has 0 bridgehead atoms. The molecule has 1 N–H and O–H groups in total. The first kappa shape index (κ1) is 20.3. The lowest BCUT2D eigenvalue weighted by Gasteiger charge is -2.34. The van der Waals surface area contributed by atoms with Gasteiger partial charge >= 0.3 is 0 Å². The van der Waals surface area contributed by atoms with E-state index in [4.69, 9.17) is 0 Å². The Labute approximate surface area is 175 Å². The Bertz CT molecular complexity index is 1030. The van der Waals surface area contributed by atoms with E-state index >= 15 is 0 Å². The molecule has 0 saturated carbocycles. The molecule has 1 aliphatic carbocycles. The predicted octanol–water partition coefficient (Wildman–Crippen LogP) is 5.81. The fourth-order valence-corrected chi connectivity index (χ4v) is 4.56. The van der Waals surface area contributed by atoms with E-state index in [9.17, 15) is 13.6 Å². The fraction of sp³-hybridized carbons (Fsp3) is 0.333. The van der Waals surface area contributed by atoms with Gasteiger partial charge in [-0.25, -0.2) is 8.78 Å². The monoisotopic (exact) mass is 409 g/mol. The van der Waals surface area contributed by atoms with Gasteiger partial charge in [-0.3, -0.25) is 4.98 Å².